The molecule has 132 valence electrons. The van der Waals surface area contributed by atoms with Gasteiger partial charge in [-0.2, -0.15) is 0 Å². The molecule has 0 saturated heterocycles. The van der Waals surface area contributed by atoms with Gasteiger partial charge < -0.3 is 10.1 Å². The van der Waals surface area contributed by atoms with Crippen LogP contribution in [0.4, 0.5) is 11.4 Å². The summed E-state index contributed by atoms with van der Waals surface area (Å²) in [4.78, 5) is 10.2. The Labute approximate surface area is 156 Å². The summed E-state index contributed by atoms with van der Waals surface area (Å²) in [5, 5.41) is 14.4. The van der Waals surface area contributed by atoms with E-state index in [0.717, 1.165) is 16.8 Å². The van der Waals surface area contributed by atoms with Gasteiger partial charge in [0.25, 0.3) is 5.69 Å². The summed E-state index contributed by atoms with van der Waals surface area (Å²) < 4.78 is 5.76. The molecule has 0 amide bonds. The Kier molecular flexibility index (Phi) is 5.71. The second kappa shape index (κ2) is 8.36. The predicted octanol–water partition coefficient (Wildman–Crippen LogP) is 5.44. The van der Waals surface area contributed by atoms with Crippen LogP contribution in [-0.4, -0.2) is 4.92 Å². The first kappa shape index (κ1) is 17.8. The van der Waals surface area contributed by atoms with Crippen LogP contribution in [0.2, 0.25) is 5.02 Å². The average molecular weight is 369 g/mol. The Bertz CT molecular complexity index is 883. The fourth-order valence-electron chi connectivity index (χ4n) is 2.41. The number of benzene rings is 3. The number of halogens is 1. The monoisotopic (exact) mass is 368 g/mol. The van der Waals surface area contributed by atoms with Crippen molar-refractivity contribution in [2.75, 3.05) is 5.32 Å². The summed E-state index contributed by atoms with van der Waals surface area (Å²) in [6.45, 7) is 1.01. The van der Waals surface area contributed by atoms with Crippen LogP contribution in [0.3, 0.4) is 0 Å². The van der Waals surface area contributed by atoms with Crippen molar-refractivity contribution < 1.29 is 9.66 Å². The molecule has 0 unspecified atom stereocenters. The first-order valence-corrected chi connectivity index (χ1v) is 8.43. The van der Waals surface area contributed by atoms with Gasteiger partial charge in [0.2, 0.25) is 0 Å². The zero-order valence-electron chi connectivity index (χ0n) is 13.9. The number of hydrogen-bond donors (Lipinski definition) is 1. The van der Waals surface area contributed by atoms with Crippen molar-refractivity contribution in [3.63, 3.8) is 0 Å². The summed E-state index contributed by atoms with van der Waals surface area (Å²) in [7, 11) is 0. The van der Waals surface area contributed by atoms with E-state index in [1.54, 1.807) is 12.1 Å². The fraction of sp³-hybridized carbons (Fsp3) is 0.100. The molecule has 0 atom stereocenters. The summed E-state index contributed by atoms with van der Waals surface area (Å²) >= 11 is 6.31. The molecule has 0 aromatic heterocycles. The second-order valence-corrected chi connectivity index (χ2v) is 6.10. The largest absolute Gasteiger partial charge is 0.487 e. The molecule has 26 heavy (non-hydrogen) atoms. The number of nitrogens with one attached hydrogen (secondary N) is 1. The van der Waals surface area contributed by atoms with Crippen molar-refractivity contribution in [2.24, 2.45) is 0 Å². The summed E-state index contributed by atoms with van der Waals surface area (Å²) in [5.41, 5.74) is 2.93. The molecule has 3 rings (SSSR count). The Balaban J connectivity index is 1.57. The van der Waals surface area contributed by atoms with Gasteiger partial charge in [0.15, 0.2) is 0 Å². The molecule has 0 radical (unpaired) electrons. The highest BCUT2D eigenvalue weighted by Gasteiger charge is 2.06. The van der Waals surface area contributed by atoms with Gasteiger partial charge in [-0.05, 0) is 35.4 Å². The van der Waals surface area contributed by atoms with Crippen LogP contribution in [-0.2, 0) is 13.2 Å². The smallest absolute Gasteiger partial charge is 0.269 e. The Morgan fingerprint density at radius 3 is 2.35 bits per heavy atom. The molecule has 0 saturated carbocycles. The first-order valence-electron chi connectivity index (χ1n) is 8.05. The molecule has 3 aromatic rings. The van der Waals surface area contributed by atoms with E-state index in [4.69, 9.17) is 16.3 Å². The zero-order chi connectivity index (χ0) is 18.4. The maximum Gasteiger partial charge on any atom is 0.269 e. The summed E-state index contributed by atoms with van der Waals surface area (Å²) in [5.74, 6) is 0.634. The van der Waals surface area contributed by atoms with E-state index in [9.17, 15) is 10.1 Å². The maximum absolute atomic E-state index is 10.7. The number of nitrogens with zero attached hydrogens (tertiary/aromatic N) is 1. The minimum atomic E-state index is -0.419. The van der Waals surface area contributed by atoms with Crippen molar-refractivity contribution in [3.05, 3.63) is 99.1 Å². The number of rotatable bonds is 7. The SMILES string of the molecule is O=[N+]([O-])c1ccc(NCc2ccc(OCc3ccccc3)c(Cl)c2)cc1. The molecule has 0 aliphatic rings. The highest BCUT2D eigenvalue weighted by molar-refractivity contribution is 6.32. The second-order valence-electron chi connectivity index (χ2n) is 5.70. The van der Waals surface area contributed by atoms with Crippen LogP contribution < -0.4 is 10.1 Å². The molecule has 6 heteroatoms. The van der Waals surface area contributed by atoms with Gasteiger partial charge in [-0.25, -0.2) is 0 Å². The lowest BCUT2D eigenvalue weighted by molar-refractivity contribution is -0.384. The highest BCUT2D eigenvalue weighted by atomic mass is 35.5. The molecule has 0 heterocycles. The van der Waals surface area contributed by atoms with Crippen molar-refractivity contribution in [1.82, 2.24) is 0 Å². The van der Waals surface area contributed by atoms with E-state index >= 15 is 0 Å². The number of nitro benzene ring substituents is 1. The highest BCUT2D eigenvalue weighted by Crippen LogP contribution is 2.27. The van der Waals surface area contributed by atoms with E-state index < -0.39 is 4.92 Å². The third-order valence-corrected chi connectivity index (χ3v) is 4.10. The lowest BCUT2D eigenvalue weighted by Crippen LogP contribution is -2.00. The molecule has 5 nitrogen and oxygen atoms in total. The first-order chi connectivity index (χ1) is 12.6. The van der Waals surface area contributed by atoms with Gasteiger partial charge in [-0.15, -0.1) is 0 Å². The Hall–Kier alpha value is -3.05. The number of hydrogen-bond acceptors (Lipinski definition) is 4. The predicted molar refractivity (Wildman–Crippen MR) is 103 cm³/mol. The van der Waals surface area contributed by atoms with Gasteiger partial charge >= 0.3 is 0 Å². The van der Waals surface area contributed by atoms with E-state index in [1.165, 1.54) is 12.1 Å². The third-order valence-electron chi connectivity index (χ3n) is 3.81. The van der Waals surface area contributed by atoms with Crippen molar-refractivity contribution >= 4 is 23.0 Å². The van der Waals surface area contributed by atoms with Crippen LogP contribution in [0, 0.1) is 10.1 Å². The van der Waals surface area contributed by atoms with Gasteiger partial charge in [0.1, 0.15) is 12.4 Å². The molecule has 3 aromatic carbocycles. The van der Waals surface area contributed by atoms with Gasteiger partial charge in [0.05, 0.1) is 9.95 Å². The van der Waals surface area contributed by atoms with Crippen molar-refractivity contribution in [2.45, 2.75) is 13.2 Å². The van der Waals surface area contributed by atoms with Crippen LogP contribution in [0.5, 0.6) is 5.75 Å². The molecule has 0 spiro atoms. The van der Waals surface area contributed by atoms with Crippen LogP contribution >= 0.6 is 11.6 Å². The van der Waals surface area contributed by atoms with Crippen LogP contribution in [0.15, 0.2) is 72.8 Å². The van der Waals surface area contributed by atoms with Crippen LogP contribution in [0.25, 0.3) is 0 Å². The van der Waals surface area contributed by atoms with E-state index in [-0.39, 0.29) is 5.69 Å². The molecular weight excluding hydrogens is 352 g/mol. The molecule has 0 aliphatic carbocycles. The molecule has 0 fully saturated rings. The van der Waals surface area contributed by atoms with E-state index in [0.29, 0.717) is 23.9 Å². The number of nitro groups is 1. The maximum atomic E-state index is 10.7. The normalized spacial score (nSPS) is 10.3. The standard InChI is InChI=1S/C20H17ClN2O3/c21-19-12-16(13-22-17-7-9-18(10-8-17)23(24)25)6-11-20(19)26-14-15-4-2-1-3-5-15/h1-12,22H,13-14H2. The molecule has 0 bridgehead atoms. The van der Waals surface area contributed by atoms with Gasteiger partial charge in [-0.3, -0.25) is 10.1 Å². The minimum absolute atomic E-state index is 0.0681. The van der Waals surface area contributed by atoms with E-state index in [2.05, 4.69) is 5.32 Å². The molecule has 0 aliphatic heterocycles. The topological polar surface area (TPSA) is 64.4 Å². The lowest BCUT2D eigenvalue weighted by atomic mass is 10.2. The summed E-state index contributed by atoms with van der Waals surface area (Å²) in [6.07, 6.45) is 0. The fourth-order valence-corrected chi connectivity index (χ4v) is 2.67. The van der Waals surface area contributed by atoms with Crippen molar-refractivity contribution in [3.8, 4) is 5.75 Å². The van der Waals surface area contributed by atoms with Crippen molar-refractivity contribution in [1.29, 1.82) is 0 Å². The molecular formula is C20H17ClN2O3. The number of ether oxygens (including phenoxy) is 1. The molecule has 1 N–H and O–H groups in total. The lowest BCUT2D eigenvalue weighted by Gasteiger charge is -2.11. The number of non-ortho nitro benzene ring substituents is 1. The quantitative estimate of drug-likeness (QED) is 0.445. The third kappa shape index (κ3) is 4.74. The Morgan fingerprint density at radius 1 is 0.962 bits per heavy atom. The van der Waals surface area contributed by atoms with E-state index in [1.807, 2.05) is 48.5 Å². The Morgan fingerprint density at radius 2 is 1.69 bits per heavy atom. The zero-order valence-corrected chi connectivity index (χ0v) is 14.6. The average Bonchev–Trinajstić information content (AvgIpc) is 2.67. The van der Waals surface area contributed by atoms with Gasteiger partial charge in [0, 0.05) is 24.4 Å². The number of anilines is 1. The summed E-state index contributed by atoms with van der Waals surface area (Å²) in [6, 6.07) is 21.8. The van der Waals surface area contributed by atoms with Gasteiger partial charge in [-0.1, -0.05) is 48.0 Å². The van der Waals surface area contributed by atoms with Crippen LogP contribution in [0.1, 0.15) is 11.1 Å². The minimum Gasteiger partial charge on any atom is -0.487 e.